The van der Waals surface area contributed by atoms with Crippen LogP contribution in [-0.2, 0) is 0 Å². The Morgan fingerprint density at radius 1 is 1.29 bits per heavy atom. The third kappa shape index (κ3) is 1.85. The van der Waals surface area contributed by atoms with Crippen molar-refractivity contribution in [1.29, 1.82) is 0 Å². The second kappa shape index (κ2) is 3.83. The van der Waals surface area contributed by atoms with Gasteiger partial charge in [-0.1, -0.05) is 24.3 Å². The molecule has 0 aromatic carbocycles. The highest BCUT2D eigenvalue weighted by Gasteiger charge is 1.98. The molecule has 14 heavy (non-hydrogen) atoms. The molecule has 2 heteroatoms. The third-order valence-electron chi connectivity index (χ3n) is 1.91. The zero-order valence-corrected chi connectivity index (χ0v) is 7.55. The Morgan fingerprint density at radius 3 is 2.71 bits per heavy atom. The second-order valence-electron chi connectivity index (χ2n) is 2.91. The van der Waals surface area contributed by atoms with E-state index in [0.717, 1.165) is 11.3 Å². The molecule has 0 bridgehead atoms. The highest BCUT2D eigenvalue weighted by Crippen LogP contribution is 2.13. The molecule has 1 heterocycles. The van der Waals surface area contributed by atoms with Crippen molar-refractivity contribution in [3.05, 3.63) is 65.9 Å². The highest BCUT2D eigenvalue weighted by atomic mass is 16.3. The lowest BCUT2D eigenvalue weighted by Crippen LogP contribution is -1.79. The zero-order valence-electron chi connectivity index (χ0n) is 7.55. The Labute approximate surface area is 82.2 Å². The van der Waals surface area contributed by atoms with Crippen molar-refractivity contribution in [2.24, 2.45) is 0 Å². The fourth-order valence-corrected chi connectivity index (χ4v) is 1.19. The summed E-state index contributed by atoms with van der Waals surface area (Å²) >= 11 is 0. The van der Waals surface area contributed by atoms with Gasteiger partial charge in [0.05, 0.1) is 6.26 Å². The van der Waals surface area contributed by atoms with E-state index in [1.54, 1.807) is 24.5 Å². The molecule has 1 aliphatic carbocycles. The SMILES string of the molecule is OC(C=Cc1ccco1)=C1C=CC=C1. The molecule has 0 spiro atoms. The summed E-state index contributed by atoms with van der Waals surface area (Å²) in [5.41, 5.74) is 0.813. The number of furan rings is 1. The Bertz CT molecular complexity index is 403. The first-order valence-electron chi connectivity index (χ1n) is 4.36. The largest absolute Gasteiger partial charge is 0.507 e. The van der Waals surface area contributed by atoms with Crippen LogP contribution in [0.3, 0.4) is 0 Å². The van der Waals surface area contributed by atoms with Crippen LogP contribution >= 0.6 is 0 Å². The van der Waals surface area contributed by atoms with Crippen LogP contribution in [0.15, 0.2) is 64.5 Å². The van der Waals surface area contributed by atoms with E-state index < -0.39 is 0 Å². The second-order valence-corrected chi connectivity index (χ2v) is 2.91. The van der Waals surface area contributed by atoms with Gasteiger partial charge in [-0.2, -0.15) is 0 Å². The van der Waals surface area contributed by atoms with Gasteiger partial charge >= 0.3 is 0 Å². The molecular formula is C12H10O2. The average Bonchev–Trinajstić information content (AvgIpc) is 2.87. The molecule has 0 saturated carbocycles. The normalized spacial score (nSPS) is 14.4. The maximum absolute atomic E-state index is 9.60. The van der Waals surface area contributed by atoms with Gasteiger partial charge in [0.2, 0.25) is 0 Å². The molecule has 1 aromatic heterocycles. The Balaban J connectivity index is 2.15. The van der Waals surface area contributed by atoms with Gasteiger partial charge in [0.25, 0.3) is 0 Å². The van der Waals surface area contributed by atoms with E-state index in [0.29, 0.717) is 0 Å². The standard InChI is InChI=1S/C12H10O2/c13-12(10-4-1-2-5-10)8-7-11-6-3-9-14-11/h1-9,13H. The average molecular weight is 186 g/mol. The van der Waals surface area contributed by atoms with E-state index in [4.69, 9.17) is 4.42 Å². The lowest BCUT2D eigenvalue weighted by molar-refractivity contribution is 0.429. The minimum atomic E-state index is 0.242. The van der Waals surface area contributed by atoms with Crippen LogP contribution in [0.1, 0.15) is 5.76 Å². The van der Waals surface area contributed by atoms with Gasteiger partial charge in [-0.05, 0) is 24.3 Å². The van der Waals surface area contributed by atoms with Crippen molar-refractivity contribution < 1.29 is 9.52 Å². The summed E-state index contributed by atoms with van der Waals surface area (Å²) in [6, 6.07) is 3.63. The number of aliphatic hydroxyl groups is 1. The van der Waals surface area contributed by atoms with E-state index in [2.05, 4.69) is 0 Å². The first-order chi connectivity index (χ1) is 6.86. The number of rotatable bonds is 2. The van der Waals surface area contributed by atoms with Crippen LogP contribution in [0.25, 0.3) is 6.08 Å². The van der Waals surface area contributed by atoms with Gasteiger partial charge in [0.1, 0.15) is 11.5 Å². The molecule has 0 radical (unpaired) electrons. The molecule has 70 valence electrons. The van der Waals surface area contributed by atoms with Gasteiger partial charge in [0, 0.05) is 5.57 Å². The number of aliphatic hydroxyl groups excluding tert-OH is 1. The van der Waals surface area contributed by atoms with Crippen molar-refractivity contribution in [3.63, 3.8) is 0 Å². The van der Waals surface area contributed by atoms with Gasteiger partial charge in [-0.25, -0.2) is 0 Å². The maximum atomic E-state index is 9.60. The van der Waals surface area contributed by atoms with Crippen LogP contribution in [-0.4, -0.2) is 5.11 Å². The topological polar surface area (TPSA) is 33.4 Å². The monoisotopic (exact) mass is 186 g/mol. The van der Waals surface area contributed by atoms with E-state index in [1.165, 1.54) is 0 Å². The molecule has 1 aliphatic rings. The summed E-state index contributed by atoms with van der Waals surface area (Å²) in [5, 5.41) is 9.60. The summed E-state index contributed by atoms with van der Waals surface area (Å²) in [6.45, 7) is 0. The van der Waals surface area contributed by atoms with Gasteiger partial charge < -0.3 is 9.52 Å². The van der Waals surface area contributed by atoms with Crippen LogP contribution in [0.5, 0.6) is 0 Å². The van der Waals surface area contributed by atoms with Crippen molar-refractivity contribution in [3.8, 4) is 0 Å². The first-order valence-corrected chi connectivity index (χ1v) is 4.36. The molecule has 1 aromatic rings. The number of allylic oxidation sites excluding steroid dienone is 6. The summed E-state index contributed by atoms with van der Waals surface area (Å²) < 4.78 is 5.09. The fraction of sp³-hybridized carbons (Fsp3) is 0. The smallest absolute Gasteiger partial charge is 0.126 e. The van der Waals surface area contributed by atoms with Crippen molar-refractivity contribution in [2.75, 3.05) is 0 Å². The van der Waals surface area contributed by atoms with Crippen molar-refractivity contribution in [2.45, 2.75) is 0 Å². The van der Waals surface area contributed by atoms with E-state index in [-0.39, 0.29) is 5.76 Å². The molecule has 2 rings (SSSR count). The van der Waals surface area contributed by atoms with Gasteiger partial charge in [-0.15, -0.1) is 0 Å². The molecule has 0 aliphatic heterocycles. The molecule has 0 fully saturated rings. The number of hydrogen-bond acceptors (Lipinski definition) is 2. The van der Waals surface area contributed by atoms with Gasteiger partial charge in [0.15, 0.2) is 0 Å². The molecule has 0 unspecified atom stereocenters. The first kappa shape index (κ1) is 8.63. The van der Waals surface area contributed by atoms with E-state index in [1.807, 2.05) is 30.4 Å². The molecule has 2 nitrogen and oxygen atoms in total. The van der Waals surface area contributed by atoms with Crippen LogP contribution in [0.2, 0.25) is 0 Å². The molecule has 0 saturated heterocycles. The molecule has 1 N–H and O–H groups in total. The predicted molar refractivity (Wildman–Crippen MR) is 55.7 cm³/mol. The van der Waals surface area contributed by atoms with Gasteiger partial charge in [-0.3, -0.25) is 0 Å². The van der Waals surface area contributed by atoms with E-state index in [9.17, 15) is 5.11 Å². The Kier molecular flexibility index (Phi) is 2.36. The maximum Gasteiger partial charge on any atom is 0.126 e. The van der Waals surface area contributed by atoms with E-state index >= 15 is 0 Å². The van der Waals surface area contributed by atoms with Crippen molar-refractivity contribution >= 4 is 6.08 Å². The summed E-state index contributed by atoms with van der Waals surface area (Å²) in [4.78, 5) is 0. The fourth-order valence-electron chi connectivity index (χ4n) is 1.19. The summed E-state index contributed by atoms with van der Waals surface area (Å²) in [5.74, 6) is 0.967. The Morgan fingerprint density at radius 2 is 2.07 bits per heavy atom. The minimum Gasteiger partial charge on any atom is -0.507 e. The zero-order chi connectivity index (χ0) is 9.80. The molecule has 0 atom stereocenters. The summed E-state index contributed by atoms with van der Waals surface area (Å²) in [6.07, 6.45) is 12.4. The highest BCUT2D eigenvalue weighted by molar-refractivity contribution is 5.51. The molecular weight excluding hydrogens is 176 g/mol. The molecule has 0 amide bonds. The lowest BCUT2D eigenvalue weighted by atomic mass is 10.2. The van der Waals surface area contributed by atoms with Crippen LogP contribution in [0, 0.1) is 0 Å². The third-order valence-corrected chi connectivity index (χ3v) is 1.91. The quantitative estimate of drug-likeness (QED) is 0.719. The summed E-state index contributed by atoms with van der Waals surface area (Å²) in [7, 11) is 0. The van der Waals surface area contributed by atoms with Crippen LogP contribution in [0.4, 0.5) is 0 Å². The lowest BCUT2D eigenvalue weighted by Gasteiger charge is -1.93. The predicted octanol–water partition coefficient (Wildman–Crippen LogP) is 3.23. The minimum absolute atomic E-state index is 0.242. The van der Waals surface area contributed by atoms with Crippen molar-refractivity contribution in [1.82, 2.24) is 0 Å². The Hall–Kier alpha value is -1.96. The van der Waals surface area contributed by atoms with Crippen LogP contribution < -0.4 is 0 Å². The number of hydrogen-bond donors (Lipinski definition) is 1.